The SMILES string of the molecule is O=S(=O)(NCc1ccccc1F)c1ccccc1F. The van der Waals surface area contributed by atoms with Crippen molar-refractivity contribution in [2.24, 2.45) is 0 Å². The van der Waals surface area contributed by atoms with E-state index in [-0.39, 0.29) is 12.1 Å². The molecule has 2 aromatic rings. The van der Waals surface area contributed by atoms with Crippen molar-refractivity contribution in [3.63, 3.8) is 0 Å². The fourth-order valence-electron chi connectivity index (χ4n) is 1.55. The summed E-state index contributed by atoms with van der Waals surface area (Å²) in [7, 11) is -4.00. The molecule has 0 aliphatic heterocycles. The van der Waals surface area contributed by atoms with Crippen molar-refractivity contribution < 1.29 is 17.2 Å². The van der Waals surface area contributed by atoms with Gasteiger partial charge < -0.3 is 0 Å². The number of nitrogens with one attached hydrogen (secondary N) is 1. The smallest absolute Gasteiger partial charge is 0.207 e. The highest BCUT2D eigenvalue weighted by atomic mass is 32.2. The lowest BCUT2D eigenvalue weighted by molar-refractivity contribution is 0.554. The maximum absolute atomic E-state index is 13.4. The summed E-state index contributed by atoms with van der Waals surface area (Å²) in [5.74, 6) is -1.36. The number of benzene rings is 2. The average Bonchev–Trinajstić information content (AvgIpc) is 2.38. The Labute approximate surface area is 109 Å². The van der Waals surface area contributed by atoms with E-state index in [1.807, 2.05) is 0 Å². The highest BCUT2D eigenvalue weighted by Crippen LogP contribution is 2.14. The minimum atomic E-state index is -4.00. The summed E-state index contributed by atoms with van der Waals surface area (Å²) < 4.78 is 52.6. The van der Waals surface area contributed by atoms with E-state index in [0.29, 0.717) is 0 Å². The third-order valence-corrected chi connectivity index (χ3v) is 3.97. The predicted molar refractivity (Wildman–Crippen MR) is 66.8 cm³/mol. The van der Waals surface area contributed by atoms with Crippen molar-refractivity contribution in [1.82, 2.24) is 4.72 Å². The Kier molecular flexibility index (Phi) is 3.92. The van der Waals surface area contributed by atoms with E-state index in [1.54, 1.807) is 6.07 Å². The van der Waals surface area contributed by atoms with Crippen LogP contribution in [0.15, 0.2) is 53.4 Å². The molecule has 0 saturated heterocycles. The lowest BCUT2D eigenvalue weighted by Gasteiger charge is -2.08. The molecule has 2 aromatic carbocycles. The van der Waals surface area contributed by atoms with E-state index in [1.165, 1.54) is 30.3 Å². The maximum Gasteiger partial charge on any atom is 0.243 e. The first-order valence-electron chi connectivity index (χ1n) is 5.48. The Morgan fingerprint density at radius 2 is 1.47 bits per heavy atom. The van der Waals surface area contributed by atoms with Crippen LogP contribution in [0.2, 0.25) is 0 Å². The molecule has 0 radical (unpaired) electrons. The molecule has 0 spiro atoms. The third kappa shape index (κ3) is 3.15. The van der Waals surface area contributed by atoms with Gasteiger partial charge in [0.25, 0.3) is 0 Å². The second kappa shape index (κ2) is 5.46. The Hall–Kier alpha value is -1.79. The van der Waals surface area contributed by atoms with Gasteiger partial charge >= 0.3 is 0 Å². The van der Waals surface area contributed by atoms with E-state index >= 15 is 0 Å². The normalized spacial score (nSPS) is 11.5. The van der Waals surface area contributed by atoms with E-state index in [4.69, 9.17) is 0 Å². The standard InChI is InChI=1S/C13H11F2NO2S/c14-11-6-2-1-5-10(11)9-16-19(17,18)13-8-4-3-7-12(13)15/h1-8,16H,9H2. The molecular formula is C13H11F2NO2S. The van der Waals surface area contributed by atoms with Crippen molar-refractivity contribution in [3.8, 4) is 0 Å². The first-order chi connectivity index (χ1) is 9.00. The van der Waals surface area contributed by atoms with Crippen LogP contribution >= 0.6 is 0 Å². The maximum atomic E-state index is 13.4. The van der Waals surface area contributed by atoms with E-state index in [0.717, 1.165) is 12.1 Å². The number of hydrogen-bond donors (Lipinski definition) is 1. The fourth-order valence-corrected chi connectivity index (χ4v) is 2.64. The number of rotatable bonds is 4. The summed E-state index contributed by atoms with van der Waals surface area (Å²) in [6, 6.07) is 10.8. The topological polar surface area (TPSA) is 46.2 Å². The van der Waals surface area contributed by atoms with Crippen LogP contribution in [0.3, 0.4) is 0 Å². The summed E-state index contributed by atoms with van der Waals surface area (Å²) in [4.78, 5) is -0.452. The van der Waals surface area contributed by atoms with Gasteiger partial charge in [-0.25, -0.2) is 21.9 Å². The second-order valence-corrected chi connectivity index (χ2v) is 5.58. The van der Waals surface area contributed by atoms with E-state index in [2.05, 4.69) is 4.72 Å². The Bertz CT molecular complexity index is 687. The summed E-state index contributed by atoms with van der Waals surface area (Å²) in [5.41, 5.74) is 0.197. The van der Waals surface area contributed by atoms with Gasteiger partial charge in [-0.05, 0) is 18.2 Å². The van der Waals surface area contributed by atoms with Gasteiger partial charge in [-0.2, -0.15) is 0 Å². The predicted octanol–water partition coefficient (Wildman–Crippen LogP) is 2.44. The van der Waals surface area contributed by atoms with Gasteiger partial charge in [-0.15, -0.1) is 0 Å². The second-order valence-electron chi connectivity index (χ2n) is 3.85. The molecule has 0 aliphatic carbocycles. The van der Waals surface area contributed by atoms with Crippen LogP contribution in [-0.4, -0.2) is 8.42 Å². The molecule has 0 aromatic heterocycles. The summed E-state index contributed by atoms with van der Waals surface area (Å²) in [6.45, 7) is -0.233. The van der Waals surface area contributed by atoms with Crippen LogP contribution in [0.5, 0.6) is 0 Å². The highest BCUT2D eigenvalue weighted by molar-refractivity contribution is 7.89. The zero-order chi connectivity index (χ0) is 13.9. The molecule has 0 amide bonds. The van der Waals surface area contributed by atoms with Gasteiger partial charge in [-0.3, -0.25) is 0 Å². The molecule has 0 unspecified atom stereocenters. The van der Waals surface area contributed by atoms with Gasteiger partial charge in [0.1, 0.15) is 16.5 Å². The lowest BCUT2D eigenvalue weighted by Crippen LogP contribution is -2.24. The number of halogens is 2. The minimum Gasteiger partial charge on any atom is -0.207 e. The van der Waals surface area contributed by atoms with Crippen LogP contribution < -0.4 is 4.72 Å². The summed E-state index contributed by atoms with van der Waals surface area (Å²) >= 11 is 0. The minimum absolute atomic E-state index is 0.197. The summed E-state index contributed by atoms with van der Waals surface area (Å²) in [5, 5.41) is 0. The molecule has 100 valence electrons. The molecule has 0 heterocycles. The van der Waals surface area contributed by atoms with Crippen molar-refractivity contribution in [1.29, 1.82) is 0 Å². The fraction of sp³-hybridized carbons (Fsp3) is 0.0769. The van der Waals surface area contributed by atoms with Crippen molar-refractivity contribution in [2.75, 3.05) is 0 Å². The van der Waals surface area contributed by atoms with E-state index in [9.17, 15) is 17.2 Å². The zero-order valence-corrected chi connectivity index (χ0v) is 10.6. The molecule has 1 N–H and O–H groups in total. The number of sulfonamides is 1. The highest BCUT2D eigenvalue weighted by Gasteiger charge is 2.18. The van der Waals surface area contributed by atoms with Gasteiger partial charge in [0.2, 0.25) is 10.0 Å². The first kappa shape index (κ1) is 13.6. The van der Waals surface area contributed by atoms with Gasteiger partial charge in [0.15, 0.2) is 0 Å². The Morgan fingerprint density at radius 3 is 2.11 bits per heavy atom. The quantitative estimate of drug-likeness (QED) is 0.936. The zero-order valence-electron chi connectivity index (χ0n) is 9.81. The van der Waals surface area contributed by atoms with Crippen molar-refractivity contribution >= 4 is 10.0 Å². The largest absolute Gasteiger partial charge is 0.243 e. The van der Waals surface area contributed by atoms with Gasteiger partial charge in [0.05, 0.1) is 0 Å². The van der Waals surface area contributed by atoms with Crippen molar-refractivity contribution in [3.05, 3.63) is 65.7 Å². The average molecular weight is 283 g/mol. The molecule has 19 heavy (non-hydrogen) atoms. The molecular weight excluding hydrogens is 272 g/mol. The molecule has 0 saturated carbocycles. The molecule has 0 atom stereocenters. The Morgan fingerprint density at radius 1 is 0.895 bits per heavy atom. The first-order valence-corrected chi connectivity index (χ1v) is 6.96. The van der Waals surface area contributed by atoms with Crippen LogP contribution in [0.25, 0.3) is 0 Å². The van der Waals surface area contributed by atoms with Crippen molar-refractivity contribution in [2.45, 2.75) is 11.4 Å². The van der Waals surface area contributed by atoms with Crippen LogP contribution in [0.1, 0.15) is 5.56 Å². The molecule has 0 bridgehead atoms. The molecule has 3 nitrogen and oxygen atoms in total. The molecule has 6 heteroatoms. The summed E-state index contributed by atoms with van der Waals surface area (Å²) in [6.07, 6.45) is 0. The van der Waals surface area contributed by atoms with Crippen LogP contribution in [0.4, 0.5) is 8.78 Å². The number of hydrogen-bond acceptors (Lipinski definition) is 2. The van der Waals surface area contributed by atoms with Gasteiger partial charge in [-0.1, -0.05) is 30.3 Å². The Balaban J connectivity index is 2.20. The van der Waals surface area contributed by atoms with Crippen LogP contribution in [-0.2, 0) is 16.6 Å². The van der Waals surface area contributed by atoms with Gasteiger partial charge in [0, 0.05) is 12.1 Å². The molecule has 0 aliphatic rings. The molecule has 2 rings (SSSR count). The van der Waals surface area contributed by atoms with E-state index < -0.39 is 26.6 Å². The molecule has 0 fully saturated rings. The monoisotopic (exact) mass is 283 g/mol. The third-order valence-electron chi connectivity index (χ3n) is 2.54. The van der Waals surface area contributed by atoms with Crippen LogP contribution in [0, 0.1) is 11.6 Å². The lowest BCUT2D eigenvalue weighted by atomic mass is 10.2.